The summed E-state index contributed by atoms with van der Waals surface area (Å²) in [4.78, 5) is 30.6. The van der Waals surface area contributed by atoms with Gasteiger partial charge in [0.15, 0.2) is 5.82 Å². The monoisotopic (exact) mass is 395 g/mol. The summed E-state index contributed by atoms with van der Waals surface area (Å²) in [5.74, 6) is 2.69. The number of nitrogens with one attached hydrogen (secondary N) is 1. The first-order valence-corrected chi connectivity index (χ1v) is 9.64. The van der Waals surface area contributed by atoms with E-state index >= 15 is 0 Å². The number of hydrogen-bond acceptors (Lipinski definition) is 5. The van der Waals surface area contributed by atoms with Gasteiger partial charge in [0.25, 0.3) is 5.91 Å². The minimum Gasteiger partial charge on any atom is -0.490 e. The molecule has 1 fully saturated rings. The molecule has 7 nitrogen and oxygen atoms in total. The van der Waals surface area contributed by atoms with Crippen LogP contribution >= 0.6 is 11.6 Å². The Hall–Kier alpha value is -2.93. The Labute approximate surface area is 166 Å². The predicted octanol–water partition coefficient (Wildman–Crippen LogP) is 3.72. The van der Waals surface area contributed by atoms with Crippen LogP contribution in [0.4, 0.5) is 5.69 Å². The lowest BCUT2D eigenvalue weighted by Crippen LogP contribution is -2.34. The lowest BCUT2D eigenvalue weighted by atomic mass is 10.1. The zero-order valence-corrected chi connectivity index (χ0v) is 15.8. The number of benzene rings is 1. The molecule has 0 unspecified atom stereocenters. The predicted molar refractivity (Wildman–Crippen MR) is 105 cm³/mol. The number of H-pyrrole nitrogens is 1. The fourth-order valence-electron chi connectivity index (χ4n) is 3.30. The quantitative estimate of drug-likeness (QED) is 0.711. The zero-order valence-electron chi connectivity index (χ0n) is 15.1. The highest BCUT2D eigenvalue weighted by Crippen LogP contribution is 2.39. The third kappa shape index (κ3) is 3.45. The van der Waals surface area contributed by atoms with Crippen LogP contribution in [0.25, 0.3) is 11.0 Å². The second kappa shape index (κ2) is 6.91. The Morgan fingerprint density at radius 2 is 2.07 bits per heavy atom. The molecule has 2 aliphatic rings. The SMILES string of the molecule is O=C1C=C(OCc2ncc(Cl)cn2)CCN1c1ccc2nc(C3CC3)[nH]c2c1. The molecule has 0 radical (unpaired) electrons. The topological polar surface area (TPSA) is 84.0 Å². The maximum absolute atomic E-state index is 12.6. The molecule has 0 spiro atoms. The number of nitrogens with zero attached hydrogens (tertiary/aromatic N) is 4. The van der Waals surface area contributed by atoms with E-state index in [2.05, 4.69) is 19.9 Å². The smallest absolute Gasteiger partial charge is 0.254 e. The zero-order chi connectivity index (χ0) is 19.1. The van der Waals surface area contributed by atoms with Gasteiger partial charge in [0.05, 0.1) is 16.1 Å². The van der Waals surface area contributed by atoms with Crippen molar-refractivity contribution < 1.29 is 9.53 Å². The molecule has 142 valence electrons. The van der Waals surface area contributed by atoms with Gasteiger partial charge in [-0.1, -0.05) is 11.6 Å². The van der Waals surface area contributed by atoms with E-state index in [1.54, 1.807) is 4.90 Å². The number of halogens is 1. The maximum Gasteiger partial charge on any atom is 0.254 e. The molecule has 2 aromatic heterocycles. The molecular formula is C20H18ClN5O2. The van der Waals surface area contributed by atoms with Crippen molar-refractivity contribution >= 4 is 34.2 Å². The van der Waals surface area contributed by atoms with Crippen molar-refractivity contribution in [2.45, 2.75) is 31.8 Å². The molecule has 0 atom stereocenters. The van der Waals surface area contributed by atoms with E-state index in [4.69, 9.17) is 16.3 Å². The number of rotatable bonds is 5. The first-order chi connectivity index (χ1) is 13.7. The number of amides is 1. The van der Waals surface area contributed by atoms with Crippen molar-refractivity contribution in [2.75, 3.05) is 11.4 Å². The fourth-order valence-corrected chi connectivity index (χ4v) is 3.39. The Morgan fingerprint density at radius 1 is 1.25 bits per heavy atom. The Kier molecular flexibility index (Phi) is 4.24. The summed E-state index contributed by atoms with van der Waals surface area (Å²) in [5.41, 5.74) is 2.77. The van der Waals surface area contributed by atoms with E-state index in [1.807, 2.05) is 18.2 Å². The van der Waals surface area contributed by atoms with Crippen LogP contribution < -0.4 is 4.90 Å². The van der Waals surface area contributed by atoms with Gasteiger partial charge in [-0.25, -0.2) is 15.0 Å². The Morgan fingerprint density at radius 3 is 2.82 bits per heavy atom. The van der Waals surface area contributed by atoms with E-state index in [0.717, 1.165) is 22.5 Å². The Bertz CT molecular complexity index is 1070. The summed E-state index contributed by atoms with van der Waals surface area (Å²) in [6, 6.07) is 5.90. The maximum atomic E-state index is 12.6. The number of carbonyl (C=O) groups is 1. The summed E-state index contributed by atoms with van der Waals surface area (Å²) < 4.78 is 5.70. The minimum absolute atomic E-state index is 0.0976. The Balaban J connectivity index is 1.29. The van der Waals surface area contributed by atoms with E-state index in [1.165, 1.54) is 31.3 Å². The largest absolute Gasteiger partial charge is 0.490 e. The number of anilines is 1. The lowest BCUT2D eigenvalue weighted by molar-refractivity contribution is -0.114. The molecule has 1 N–H and O–H groups in total. The van der Waals surface area contributed by atoms with Gasteiger partial charge in [-0.2, -0.15) is 0 Å². The van der Waals surface area contributed by atoms with Gasteiger partial charge in [0.2, 0.25) is 0 Å². The van der Waals surface area contributed by atoms with Crippen LogP contribution in [-0.2, 0) is 16.1 Å². The molecule has 1 aliphatic carbocycles. The molecule has 1 amide bonds. The number of fused-ring (bicyclic) bond motifs is 1. The van der Waals surface area contributed by atoms with Gasteiger partial charge in [-0.05, 0) is 31.0 Å². The van der Waals surface area contributed by atoms with Crippen LogP contribution in [0.1, 0.15) is 36.8 Å². The summed E-state index contributed by atoms with van der Waals surface area (Å²) >= 11 is 5.78. The standard InChI is InChI=1S/C20H18ClN5O2/c21-13-9-22-18(23-10-13)11-28-15-5-6-26(19(27)8-15)14-3-4-16-17(7-14)25-20(24-16)12-1-2-12/h3-4,7-10,12H,1-2,5-6,11H2,(H,24,25). The number of carbonyl (C=O) groups excluding carboxylic acids is 1. The van der Waals surface area contributed by atoms with Crippen LogP contribution in [-0.4, -0.2) is 32.4 Å². The van der Waals surface area contributed by atoms with Gasteiger partial charge in [0.1, 0.15) is 18.2 Å². The first kappa shape index (κ1) is 17.2. The average molecular weight is 396 g/mol. The van der Waals surface area contributed by atoms with Crippen LogP contribution in [0, 0.1) is 0 Å². The fraction of sp³-hybridized carbons (Fsp3) is 0.300. The third-order valence-corrected chi connectivity index (χ3v) is 5.15. The van der Waals surface area contributed by atoms with Crippen LogP contribution in [0.3, 0.4) is 0 Å². The van der Waals surface area contributed by atoms with Crippen molar-refractivity contribution in [1.82, 2.24) is 19.9 Å². The van der Waals surface area contributed by atoms with Gasteiger partial charge in [-0.15, -0.1) is 0 Å². The molecule has 1 aromatic carbocycles. The molecule has 0 saturated heterocycles. The molecule has 0 bridgehead atoms. The van der Waals surface area contributed by atoms with Crippen molar-refractivity contribution in [1.29, 1.82) is 0 Å². The summed E-state index contributed by atoms with van der Waals surface area (Å²) in [6.07, 6.45) is 7.61. The second-order valence-electron chi connectivity index (χ2n) is 7.05. The van der Waals surface area contributed by atoms with Gasteiger partial charge in [-0.3, -0.25) is 4.79 Å². The summed E-state index contributed by atoms with van der Waals surface area (Å²) in [7, 11) is 0. The highest BCUT2D eigenvalue weighted by atomic mass is 35.5. The van der Waals surface area contributed by atoms with Gasteiger partial charge in [0, 0.05) is 43.0 Å². The summed E-state index contributed by atoms with van der Waals surface area (Å²) in [6.45, 7) is 0.765. The van der Waals surface area contributed by atoms with Crippen molar-refractivity contribution in [2.24, 2.45) is 0 Å². The molecule has 3 aromatic rings. The minimum atomic E-state index is -0.0976. The third-order valence-electron chi connectivity index (χ3n) is 4.95. The van der Waals surface area contributed by atoms with Gasteiger partial charge < -0.3 is 14.6 Å². The number of imidazole rings is 1. The molecular weight excluding hydrogens is 378 g/mol. The van der Waals surface area contributed by atoms with Crippen LogP contribution in [0.5, 0.6) is 0 Å². The van der Waals surface area contributed by atoms with Crippen LogP contribution in [0.15, 0.2) is 42.4 Å². The number of aromatic nitrogens is 4. The van der Waals surface area contributed by atoms with Crippen LogP contribution in [0.2, 0.25) is 5.02 Å². The molecule has 1 aliphatic heterocycles. The highest BCUT2D eigenvalue weighted by Gasteiger charge is 2.27. The van der Waals surface area contributed by atoms with E-state index < -0.39 is 0 Å². The first-order valence-electron chi connectivity index (χ1n) is 9.27. The second-order valence-corrected chi connectivity index (χ2v) is 7.49. The summed E-state index contributed by atoms with van der Waals surface area (Å²) in [5, 5.41) is 0.477. The molecule has 28 heavy (non-hydrogen) atoms. The van der Waals surface area contributed by atoms with Crippen molar-refractivity contribution in [3.8, 4) is 0 Å². The lowest BCUT2D eigenvalue weighted by Gasteiger charge is -2.26. The molecule has 8 heteroatoms. The van der Waals surface area contributed by atoms with Crippen molar-refractivity contribution in [3.63, 3.8) is 0 Å². The van der Waals surface area contributed by atoms with Crippen molar-refractivity contribution in [3.05, 3.63) is 59.1 Å². The van der Waals surface area contributed by atoms with E-state index in [9.17, 15) is 4.79 Å². The van der Waals surface area contributed by atoms with E-state index in [-0.39, 0.29) is 12.5 Å². The number of ether oxygens (including phenoxy) is 1. The average Bonchev–Trinajstić information content (AvgIpc) is 3.46. The highest BCUT2D eigenvalue weighted by molar-refractivity contribution is 6.30. The normalized spacial score (nSPS) is 17.1. The number of hydrogen-bond donors (Lipinski definition) is 1. The molecule has 1 saturated carbocycles. The molecule has 5 rings (SSSR count). The van der Waals surface area contributed by atoms with E-state index in [0.29, 0.717) is 35.5 Å². The number of aromatic amines is 1. The molecule has 3 heterocycles. The van der Waals surface area contributed by atoms with Gasteiger partial charge >= 0.3 is 0 Å².